The Hall–Kier alpha value is -3.68. The lowest BCUT2D eigenvalue weighted by Crippen LogP contribution is -2.43. The Kier molecular flexibility index (Phi) is 7.52. The summed E-state index contributed by atoms with van der Waals surface area (Å²) in [5.41, 5.74) is -1.77. The Balaban J connectivity index is 1.97. The topological polar surface area (TPSA) is 102 Å². The van der Waals surface area contributed by atoms with Gasteiger partial charge < -0.3 is 16.0 Å². The number of guanidine groups is 1. The Labute approximate surface area is 176 Å². The maximum atomic E-state index is 13.4. The first-order valence-corrected chi connectivity index (χ1v) is 9.04. The van der Waals surface area contributed by atoms with Crippen molar-refractivity contribution in [3.8, 4) is 6.19 Å². The minimum Gasteiger partial charge on any atom is -0.355 e. The van der Waals surface area contributed by atoms with E-state index >= 15 is 0 Å². The minimum absolute atomic E-state index is 0.0876. The smallest absolute Gasteiger partial charge is 0.355 e. The van der Waals surface area contributed by atoms with Crippen molar-refractivity contribution in [2.24, 2.45) is 10.4 Å². The van der Waals surface area contributed by atoms with Crippen LogP contribution in [-0.4, -0.2) is 29.9 Å². The van der Waals surface area contributed by atoms with Crippen molar-refractivity contribution < 1.29 is 22.4 Å². The number of alkyl halides is 3. The number of pyridine rings is 1. The van der Waals surface area contributed by atoms with Crippen molar-refractivity contribution in [2.45, 2.75) is 20.0 Å². The highest BCUT2D eigenvalue weighted by molar-refractivity contribution is 5.95. The Morgan fingerprint density at radius 2 is 1.90 bits per heavy atom. The fourth-order valence-corrected chi connectivity index (χ4v) is 2.43. The zero-order valence-corrected chi connectivity index (χ0v) is 16.7. The van der Waals surface area contributed by atoms with Crippen molar-refractivity contribution in [3.63, 3.8) is 0 Å². The molecular formula is C20H20F4N6O. The minimum atomic E-state index is -4.90. The molecule has 0 aliphatic carbocycles. The van der Waals surface area contributed by atoms with E-state index < -0.39 is 28.9 Å². The number of anilines is 1. The molecule has 1 aromatic heterocycles. The number of hydrogen-bond acceptors (Lipinski definition) is 4. The Bertz CT molecular complexity index is 983. The molecule has 2 aromatic rings. The van der Waals surface area contributed by atoms with Gasteiger partial charge in [0.2, 0.25) is 12.2 Å². The molecule has 2 rings (SSSR count). The zero-order valence-electron chi connectivity index (χ0n) is 16.7. The molecule has 0 bridgehead atoms. The van der Waals surface area contributed by atoms with Crippen molar-refractivity contribution in [3.05, 3.63) is 59.7 Å². The number of aromatic nitrogens is 1. The van der Waals surface area contributed by atoms with Crippen LogP contribution < -0.4 is 16.0 Å². The summed E-state index contributed by atoms with van der Waals surface area (Å²) in [5, 5.41) is 17.2. The molecule has 11 heteroatoms. The molecule has 0 fully saturated rings. The summed E-state index contributed by atoms with van der Waals surface area (Å²) in [4.78, 5) is 19.8. The van der Waals surface area contributed by atoms with E-state index in [-0.39, 0.29) is 24.6 Å². The van der Waals surface area contributed by atoms with Gasteiger partial charge in [-0.1, -0.05) is 13.8 Å². The number of aliphatic imine (C=N–C) groups is 1. The number of nitrogens with one attached hydrogen (secondary N) is 3. The molecule has 3 N–H and O–H groups in total. The summed E-state index contributed by atoms with van der Waals surface area (Å²) >= 11 is 0. The Morgan fingerprint density at radius 3 is 2.52 bits per heavy atom. The third-order valence-corrected chi connectivity index (χ3v) is 4.08. The fourth-order valence-electron chi connectivity index (χ4n) is 2.43. The molecule has 31 heavy (non-hydrogen) atoms. The highest BCUT2D eigenvalue weighted by Crippen LogP contribution is 2.31. The molecule has 0 atom stereocenters. The van der Waals surface area contributed by atoms with E-state index in [0.717, 1.165) is 6.07 Å². The molecule has 1 heterocycles. The van der Waals surface area contributed by atoms with E-state index in [0.29, 0.717) is 17.8 Å². The van der Waals surface area contributed by atoms with E-state index in [9.17, 15) is 22.4 Å². The highest BCUT2D eigenvalue weighted by atomic mass is 19.4. The van der Waals surface area contributed by atoms with E-state index in [2.05, 4.69) is 25.9 Å². The molecule has 0 aliphatic heterocycles. The number of hydrogen-bond donors (Lipinski definition) is 3. The summed E-state index contributed by atoms with van der Waals surface area (Å²) in [6, 6.07) is 5.50. The van der Waals surface area contributed by atoms with Crippen LogP contribution in [0.3, 0.4) is 0 Å². The quantitative estimate of drug-likeness (QED) is 0.278. The molecule has 0 radical (unpaired) electrons. The predicted octanol–water partition coefficient (Wildman–Crippen LogP) is 3.53. The van der Waals surface area contributed by atoms with Crippen LogP contribution in [0.5, 0.6) is 0 Å². The van der Waals surface area contributed by atoms with Crippen LogP contribution in [0.25, 0.3) is 0 Å². The van der Waals surface area contributed by atoms with Crippen LogP contribution in [0.2, 0.25) is 0 Å². The highest BCUT2D eigenvalue weighted by Gasteiger charge is 2.34. The predicted molar refractivity (Wildman–Crippen MR) is 106 cm³/mol. The number of amides is 1. The second-order valence-corrected chi connectivity index (χ2v) is 7.32. The van der Waals surface area contributed by atoms with Gasteiger partial charge in [0.1, 0.15) is 5.82 Å². The van der Waals surface area contributed by atoms with Crippen LogP contribution in [-0.2, 0) is 6.18 Å². The summed E-state index contributed by atoms with van der Waals surface area (Å²) in [7, 11) is 0. The lowest BCUT2D eigenvalue weighted by Gasteiger charge is -2.26. The van der Waals surface area contributed by atoms with Gasteiger partial charge in [-0.3, -0.25) is 9.78 Å². The molecule has 0 spiro atoms. The van der Waals surface area contributed by atoms with Crippen LogP contribution >= 0.6 is 0 Å². The molecule has 0 saturated carbocycles. The maximum absolute atomic E-state index is 13.4. The lowest BCUT2D eigenvalue weighted by atomic mass is 9.93. The molecule has 7 nitrogen and oxygen atoms in total. The van der Waals surface area contributed by atoms with E-state index in [1.54, 1.807) is 38.4 Å². The number of nitriles is 1. The van der Waals surface area contributed by atoms with Crippen LogP contribution in [0.4, 0.5) is 23.2 Å². The average molecular weight is 436 g/mol. The second kappa shape index (κ2) is 9.88. The van der Waals surface area contributed by atoms with Crippen LogP contribution in [0.15, 0.2) is 47.7 Å². The number of rotatable bonds is 6. The first-order chi connectivity index (χ1) is 14.5. The molecular weight excluding hydrogens is 416 g/mol. The monoisotopic (exact) mass is 436 g/mol. The van der Waals surface area contributed by atoms with Gasteiger partial charge in [-0.25, -0.2) is 4.39 Å². The number of benzene rings is 1. The van der Waals surface area contributed by atoms with Crippen LogP contribution in [0, 0.1) is 22.7 Å². The molecule has 0 saturated heterocycles. The SMILES string of the molecule is CC(C)(CNC(=O)c1ccc(F)c(C(F)(F)F)c1)CNC(=NC#N)Nc1cccnc1. The van der Waals surface area contributed by atoms with Crippen molar-refractivity contribution in [2.75, 3.05) is 18.4 Å². The van der Waals surface area contributed by atoms with E-state index in [1.807, 2.05) is 0 Å². The number of nitrogens with zero attached hydrogens (tertiary/aromatic N) is 3. The van der Waals surface area contributed by atoms with Gasteiger partial charge in [0.05, 0.1) is 17.4 Å². The summed E-state index contributed by atoms with van der Waals surface area (Å²) in [6.45, 7) is 3.93. The normalized spacial score (nSPS) is 12.1. The van der Waals surface area contributed by atoms with Gasteiger partial charge in [-0.15, -0.1) is 4.99 Å². The van der Waals surface area contributed by atoms with E-state index in [4.69, 9.17) is 5.26 Å². The summed E-state index contributed by atoms with van der Waals surface area (Å²) < 4.78 is 51.9. The van der Waals surface area contributed by atoms with Gasteiger partial charge in [0.25, 0.3) is 5.91 Å². The number of carbonyl (C=O) groups excluding carboxylic acids is 1. The van der Waals surface area contributed by atoms with Gasteiger partial charge in [-0.05, 0) is 35.7 Å². The largest absolute Gasteiger partial charge is 0.419 e. The average Bonchev–Trinajstić information content (AvgIpc) is 2.71. The first kappa shape index (κ1) is 23.6. The van der Waals surface area contributed by atoms with Gasteiger partial charge in [-0.2, -0.15) is 18.4 Å². The molecule has 1 amide bonds. The third-order valence-electron chi connectivity index (χ3n) is 4.08. The Morgan fingerprint density at radius 1 is 1.19 bits per heavy atom. The number of carbonyl (C=O) groups is 1. The van der Waals surface area contributed by atoms with Crippen molar-refractivity contribution >= 4 is 17.6 Å². The lowest BCUT2D eigenvalue weighted by molar-refractivity contribution is -0.140. The molecule has 0 aliphatic rings. The first-order valence-electron chi connectivity index (χ1n) is 9.04. The summed E-state index contributed by atoms with van der Waals surface area (Å²) in [6.07, 6.45) is -0.106. The van der Waals surface area contributed by atoms with Gasteiger partial charge in [0, 0.05) is 24.8 Å². The third kappa shape index (κ3) is 7.26. The molecule has 164 valence electrons. The van der Waals surface area contributed by atoms with Gasteiger partial charge in [0.15, 0.2) is 0 Å². The maximum Gasteiger partial charge on any atom is 0.419 e. The van der Waals surface area contributed by atoms with Gasteiger partial charge >= 0.3 is 6.18 Å². The van der Waals surface area contributed by atoms with E-state index in [1.165, 1.54) is 6.20 Å². The van der Waals surface area contributed by atoms with Crippen molar-refractivity contribution in [1.82, 2.24) is 15.6 Å². The van der Waals surface area contributed by atoms with Crippen molar-refractivity contribution in [1.29, 1.82) is 5.26 Å². The van der Waals surface area contributed by atoms with Crippen LogP contribution in [0.1, 0.15) is 29.8 Å². The fraction of sp³-hybridized carbons (Fsp3) is 0.300. The molecule has 0 unspecified atom stereocenters. The zero-order chi connectivity index (χ0) is 23.1. The summed E-state index contributed by atoms with van der Waals surface area (Å²) in [5.74, 6) is -2.04. The second-order valence-electron chi connectivity index (χ2n) is 7.32. The molecule has 1 aromatic carbocycles. The standard InChI is InChI=1S/C20H20F4N6O/c1-19(2,11-28-18(29-12-25)30-14-4-3-7-26-9-14)10-27-17(31)13-5-6-16(21)15(8-13)20(22,23)24/h3-9H,10-11H2,1-2H3,(H,27,31)(H2,28,29,30). The number of halogens is 4.